The first-order valence-electron chi connectivity index (χ1n) is 12.8. The summed E-state index contributed by atoms with van der Waals surface area (Å²) in [4.78, 5) is 57.5. The van der Waals surface area contributed by atoms with Crippen molar-refractivity contribution in [1.29, 1.82) is 0 Å². The highest BCUT2D eigenvalue weighted by molar-refractivity contribution is 6.26. The summed E-state index contributed by atoms with van der Waals surface area (Å²) in [5, 5.41) is 3.48. The van der Waals surface area contributed by atoms with E-state index in [1.807, 2.05) is 36.4 Å². The Morgan fingerprint density at radius 3 is 2.26 bits per heavy atom. The second kappa shape index (κ2) is 9.22. The van der Waals surface area contributed by atoms with Crippen molar-refractivity contribution >= 4 is 35.1 Å². The van der Waals surface area contributed by atoms with Crippen molar-refractivity contribution in [2.45, 2.75) is 24.9 Å². The first kappa shape index (κ1) is 24.1. The molecule has 3 aromatic rings. The fourth-order valence-electron chi connectivity index (χ4n) is 6.31. The quantitative estimate of drug-likeness (QED) is 0.406. The SMILES string of the molecule is CCOC(=O)CN1C(=O)[C@]2(N[C@H](Cc3ccccc3)[C@@H]3C(=O)N(c4ccccc4)C(=O)[C@H]32)c2ccccc21. The second-order valence-electron chi connectivity index (χ2n) is 9.81. The van der Waals surface area contributed by atoms with Gasteiger partial charge in [-0.25, -0.2) is 4.90 Å². The number of ether oxygens (including phenoxy) is 1. The normalized spacial score (nSPS) is 25.7. The van der Waals surface area contributed by atoms with Gasteiger partial charge in [-0.1, -0.05) is 66.7 Å². The standard InChI is InChI=1S/C30H27N3O5/c1-2-38-24(34)18-32-23-16-10-9-15-21(23)30(29(32)37)26-25(22(31-30)17-19-11-5-3-6-12-19)27(35)33(28(26)36)20-13-7-4-8-14-20/h3-16,22,25-26,31H,2,17-18H2,1H3/t22-,25+,26+,30+/m1/s1. The van der Waals surface area contributed by atoms with Gasteiger partial charge in [-0.3, -0.25) is 29.4 Å². The predicted molar refractivity (Wildman–Crippen MR) is 140 cm³/mol. The first-order chi connectivity index (χ1) is 18.5. The van der Waals surface area contributed by atoms with Crippen molar-refractivity contribution in [3.8, 4) is 0 Å². The van der Waals surface area contributed by atoms with Gasteiger partial charge in [0, 0.05) is 17.3 Å². The van der Waals surface area contributed by atoms with Crippen molar-refractivity contribution in [3.05, 3.63) is 96.1 Å². The van der Waals surface area contributed by atoms with Crippen LogP contribution in [0.5, 0.6) is 0 Å². The Hall–Kier alpha value is -4.30. The molecule has 0 aliphatic carbocycles. The van der Waals surface area contributed by atoms with Crippen molar-refractivity contribution in [2.75, 3.05) is 23.0 Å². The Kier molecular flexibility index (Phi) is 5.84. The highest BCUT2D eigenvalue weighted by Gasteiger charge is 2.71. The van der Waals surface area contributed by atoms with Crippen LogP contribution < -0.4 is 15.1 Å². The van der Waals surface area contributed by atoms with Gasteiger partial charge in [0.05, 0.1) is 24.1 Å². The van der Waals surface area contributed by atoms with Crippen molar-refractivity contribution in [3.63, 3.8) is 0 Å². The Labute approximate surface area is 220 Å². The maximum absolute atomic E-state index is 14.3. The van der Waals surface area contributed by atoms with Gasteiger partial charge in [0.2, 0.25) is 11.8 Å². The molecule has 0 bridgehead atoms. The number of para-hydroxylation sites is 2. The van der Waals surface area contributed by atoms with Gasteiger partial charge < -0.3 is 4.74 Å². The molecule has 3 aliphatic heterocycles. The van der Waals surface area contributed by atoms with Gasteiger partial charge in [0.1, 0.15) is 12.1 Å². The number of esters is 1. The molecule has 192 valence electrons. The molecule has 3 aromatic carbocycles. The van der Waals surface area contributed by atoms with Gasteiger partial charge in [-0.15, -0.1) is 0 Å². The van der Waals surface area contributed by atoms with Crippen LogP contribution in [-0.2, 0) is 35.9 Å². The third-order valence-electron chi connectivity index (χ3n) is 7.77. The molecule has 1 spiro atoms. The van der Waals surface area contributed by atoms with Crippen LogP contribution in [0.25, 0.3) is 0 Å². The van der Waals surface area contributed by atoms with Crippen molar-refractivity contribution < 1.29 is 23.9 Å². The Balaban J connectivity index is 1.49. The lowest BCUT2D eigenvalue weighted by Crippen LogP contribution is -2.56. The number of carbonyl (C=O) groups excluding carboxylic acids is 4. The fraction of sp³-hybridized carbons (Fsp3) is 0.267. The Bertz CT molecular complexity index is 1430. The number of rotatable bonds is 6. The van der Waals surface area contributed by atoms with Gasteiger partial charge in [-0.05, 0) is 37.1 Å². The van der Waals surface area contributed by atoms with E-state index in [0.29, 0.717) is 23.4 Å². The molecule has 3 heterocycles. The molecular formula is C30H27N3O5. The number of amides is 3. The Morgan fingerprint density at radius 1 is 0.895 bits per heavy atom. The maximum Gasteiger partial charge on any atom is 0.326 e. The molecule has 8 nitrogen and oxygen atoms in total. The molecule has 1 N–H and O–H groups in total. The highest BCUT2D eigenvalue weighted by atomic mass is 16.5. The number of hydrogen-bond donors (Lipinski definition) is 1. The molecular weight excluding hydrogens is 482 g/mol. The Morgan fingerprint density at radius 2 is 1.55 bits per heavy atom. The van der Waals surface area contributed by atoms with Crippen LogP contribution in [0.3, 0.4) is 0 Å². The number of nitrogens with one attached hydrogen (secondary N) is 1. The molecule has 2 fully saturated rings. The zero-order valence-corrected chi connectivity index (χ0v) is 20.9. The lowest BCUT2D eigenvalue weighted by Gasteiger charge is -2.30. The minimum atomic E-state index is -1.48. The number of benzene rings is 3. The third kappa shape index (κ3) is 3.48. The van der Waals surface area contributed by atoms with Gasteiger partial charge in [0.25, 0.3) is 5.91 Å². The van der Waals surface area contributed by atoms with Crippen molar-refractivity contribution in [1.82, 2.24) is 5.32 Å². The van der Waals surface area contributed by atoms with Crippen LogP contribution in [0, 0.1) is 11.8 Å². The van der Waals surface area contributed by atoms with E-state index in [1.165, 1.54) is 9.80 Å². The first-order valence-corrected chi connectivity index (χ1v) is 12.8. The number of nitrogens with zero attached hydrogens (tertiary/aromatic N) is 2. The van der Waals surface area contributed by atoms with Crippen LogP contribution in [0.15, 0.2) is 84.9 Å². The van der Waals surface area contributed by atoms with E-state index in [1.54, 1.807) is 55.5 Å². The summed E-state index contributed by atoms with van der Waals surface area (Å²) in [6.45, 7) is 1.62. The number of carbonyl (C=O) groups is 4. The van der Waals surface area contributed by atoms with Crippen LogP contribution in [0.1, 0.15) is 18.1 Å². The smallest absolute Gasteiger partial charge is 0.326 e. The molecule has 6 rings (SSSR count). The minimum absolute atomic E-state index is 0.189. The second-order valence-corrected chi connectivity index (χ2v) is 9.81. The number of imide groups is 1. The lowest BCUT2D eigenvalue weighted by atomic mass is 9.76. The minimum Gasteiger partial charge on any atom is -0.465 e. The highest BCUT2D eigenvalue weighted by Crippen LogP contribution is 2.55. The number of fused-ring (bicyclic) bond motifs is 4. The topological polar surface area (TPSA) is 96.0 Å². The largest absolute Gasteiger partial charge is 0.465 e. The molecule has 2 saturated heterocycles. The van der Waals surface area contributed by atoms with Crippen LogP contribution in [0.4, 0.5) is 11.4 Å². The summed E-state index contributed by atoms with van der Waals surface area (Å²) < 4.78 is 5.14. The zero-order chi connectivity index (χ0) is 26.4. The van der Waals surface area contributed by atoms with Crippen LogP contribution in [0.2, 0.25) is 0 Å². The average molecular weight is 510 g/mol. The van der Waals surface area contributed by atoms with Gasteiger partial charge in [-0.2, -0.15) is 0 Å². The summed E-state index contributed by atoms with van der Waals surface area (Å²) in [5.41, 5.74) is 1.11. The molecule has 0 radical (unpaired) electrons. The molecule has 0 unspecified atom stereocenters. The molecule has 38 heavy (non-hydrogen) atoms. The summed E-state index contributed by atoms with van der Waals surface area (Å²) in [7, 11) is 0. The van der Waals surface area contributed by atoms with E-state index in [4.69, 9.17) is 4.74 Å². The number of hydrogen-bond acceptors (Lipinski definition) is 6. The summed E-state index contributed by atoms with van der Waals surface area (Å²) in [6, 6.07) is 25.2. The molecule has 3 amide bonds. The average Bonchev–Trinajstić information content (AvgIpc) is 3.49. The lowest BCUT2D eigenvalue weighted by molar-refractivity contribution is -0.142. The van der Waals surface area contributed by atoms with Crippen molar-refractivity contribution in [2.24, 2.45) is 11.8 Å². The maximum atomic E-state index is 14.3. The van der Waals surface area contributed by atoms with Gasteiger partial charge >= 0.3 is 5.97 Å². The van der Waals surface area contributed by atoms with E-state index in [9.17, 15) is 19.2 Å². The predicted octanol–water partition coefficient (Wildman–Crippen LogP) is 2.81. The zero-order valence-electron chi connectivity index (χ0n) is 20.9. The summed E-state index contributed by atoms with van der Waals surface area (Å²) in [5.74, 6) is -3.44. The fourth-order valence-corrected chi connectivity index (χ4v) is 6.31. The number of anilines is 2. The third-order valence-corrected chi connectivity index (χ3v) is 7.77. The van der Waals surface area contributed by atoms with E-state index >= 15 is 0 Å². The molecule has 3 aliphatic rings. The summed E-state index contributed by atoms with van der Waals surface area (Å²) in [6.07, 6.45) is 0.457. The van der Waals surface area contributed by atoms with E-state index in [-0.39, 0.29) is 19.1 Å². The van der Waals surface area contributed by atoms with E-state index < -0.39 is 41.2 Å². The van der Waals surface area contributed by atoms with Crippen LogP contribution >= 0.6 is 0 Å². The summed E-state index contributed by atoms with van der Waals surface area (Å²) >= 11 is 0. The monoisotopic (exact) mass is 509 g/mol. The molecule has 8 heteroatoms. The van der Waals surface area contributed by atoms with E-state index in [2.05, 4.69) is 5.32 Å². The molecule has 0 saturated carbocycles. The molecule has 4 atom stereocenters. The molecule has 0 aromatic heterocycles. The van der Waals surface area contributed by atoms with Crippen LogP contribution in [-0.4, -0.2) is 42.9 Å². The van der Waals surface area contributed by atoms with Gasteiger partial charge in [0.15, 0.2) is 0 Å². The van der Waals surface area contributed by atoms with E-state index in [0.717, 1.165) is 5.56 Å².